The molecule has 12 N–H and O–H groups in total. The molecule has 0 fully saturated rings. The van der Waals surface area contributed by atoms with Gasteiger partial charge in [0.1, 0.15) is 12.7 Å². The van der Waals surface area contributed by atoms with E-state index in [1.807, 2.05) is 0 Å². The van der Waals surface area contributed by atoms with Crippen LogP contribution in [-0.2, 0) is 31.7 Å². The minimum atomic E-state index is -3.71. The maximum absolute atomic E-state index is 12.5. The number of nitrogens with one attached hydrogen (secondary N) is 6. The van der Waals surface area contributed by atoms with Gasteiger partial charge in [-0.1, -0.05) is 0 Å². The number of fused-ring (bicyclic) bond motifs is 2. The quantitative estimate of drug-likeness (QED) is 0.0304. The van der Waals surface area contributed by atoms with Crippen LogP contribution in [0.1, 0.15) is 33.1 Å². The zero-order valence-electron chi connectivity index (χ0n) is 28.6. The van der Waals surface area contributed by atoms with E-state index in [0.29, 0.717) is 50.3 Å². The molecule has 0 radical (unpaired) electrons. The highest BCUT2D eigenvalue weighted by atomic mass is 31.2. The molecule has 4 aromatic heterocycles. The van der Waals surface area contributed by atoms with Gasteiger partial charge in [-0.15, -0.1) is 0 Å². The second-order valence-corrected chi connectivity index (χ2v) is 16.0. The van der Waals surface area contributed by atoms with Crippen LogP contribution in [0.2, 0.25) is 0 Å². The largest absolute Gasteiger partial charge is 0.369 e. The van der Waals surface area contributed by atoms with Crippen molar-refractivity contribution in [2.24, 2.45) is 0 Å². The zero-order chi connectivity index (χ0) is 37.0. The topological polar surface area (TPSA) is 320 Å². The Labute approximate surface area is 292 Å². The molecule has 0 aromatic carbocycles. The fourth-order valence-corrected chi connectivity index (χ4v) is 7.05. The number of hydrogen-bond donors (Lipinski definition) is 10. The van der Waals surface area contributed by atoms with Crippen molar-refractivity contribution in [1.29, 1.82) is 0 Å². The molecule has 0 aliphatic heterocycles. The number of rotatable bonds is 24. The van der Waals surface area contributed by atoms with Crippen LogP contribution < -0.4 is 43.4 Å². The van der Waals surface area contributed by atoms with E-state index in [1.54, 1.807) is 23.0 Å². The Morgan fingerprint density at radius 2 is 1.10 bits per heavy atom. The number of nitrogen functional groups attached to an aromatic ring is 2. The van der Waals surface area contributed by atoms with Crippen LogP contribution in [0.25, 0.3) is 22.3 Å². The molecular formula is C27H48N14O8P2. The highest BCUT2D eigenvalue weighted by Crippen LogP contribution is 2.36. The first kappa shape index (κ1) is 40.2. The Morgan fingerprint density at radius 3 is 1.49 bits per heavy atom. The van der Waals surface area contributed by atoms with E-state index in [4.69, 9.17) is 20.9 Å². The molecule has 0 saturated carbocycles. The predicted molar refractivity (Wildman–Crippen MR) is 191 cm³/mol. The molecule has 51 heavy (non-hydrogen) atoms. The lowest BCUT2D eigenvalue weighted by atomic mass is 10.3. The van der Waals surface area contributed by atoms with Gasteiger partial charge in [0.05, 0.1) is 38.0 Å². The van der Waals surface area contributed by atoms with Crippen molar-refractivity contribution in [3.8, 4) is 0 Å². The summed E-state index contributed by atoms with van der Waals surface area (Å²) in [5, 5.41) is 11.9. The van der Waals surface area contributed by atoms with Crippen molar-refractivity contribution in [3.05, 3.63) is 33.4 Å². The monoisotopic (exact) mass is 758 g/mol. The first-order valence-corrected chi connectivity index (χ1v) is 20.1. The number of ether oxygens (including phenoxy) is 2. The first-order valence-electron chi connectivity index (χ1n) is 16.4. The van der Waals surface area contributed by atoms with E-state index < -0.39 is 38.4 Å². The summed E-state index contributed by atoms with van der Waals surface area (Å²) in [6.45, 7) is 7.49. The Hall–Kier alpha value is -3.56. The van der Waals surface area contributed by atoms with Gasteiger partial charge in [-0.3, -0.25) is 28.7 Å². The summed E-state index contributed by atoms with van der Waals surface area (Å²) in [7, 11) is -7.42. The summed E-state index contributed by atoms with van der Waals surface area (Å²) < 4.78 is 39.3. The van der Waals surface area contributed by atoms with Gasteiger partial charge in [-0.25, -0.2) is 20.1 Å². The van der Waals surface area contributed by atoms with E-state index in [2.05, 4.69) is 50.7 Å². The Balaban J connectivity index is 0.966. The molecule has 22 nitrogen and oxygen atoms in total. The molecule has 4 aromatic rings. The normalized spacial score (nSPS) is 15.6. The fourth-order valence-electron chi connectivity index (χ4n) is 4.94. The molecule has 4 heterocycles. The third-order valence-electron chi connectivity index (χ3n) is 7.45. The second kappa shape index (κ2) is 18.8. The summed E-state index contributed by atoms with van der Waals surface area (Å²) >= 11 is 0. The lowest BCUT2D eigenvalue weighted by Gasteiger charge is -2.18. The minimum Gasteiger partial charge on any atom is -0.369 e. The third-order valence-corrected chi connectivity index (χ3v) is 9.88. The first-order chi connectivity index (χ1) is 24.2. The molecule has 0 amide bonds. The van der Waals surface area contributed by atoms with Crippen molar-refractivity contribution in [1.82, 2.24) is 59.8 Å². The van der Waals surface area contributed by atoms with Gasteiger partial charge in [-0.05, 0) is 59.3 Å². The van der Waals surface area contributed by atoms with Gasteiger partial charge in [0.15, 0.2) is 22.3 Å². The summed E-state index contributed by atoms with van der Waals surface area (Å²) in [4.78, 5) is 65.3. The zero-order valence-corrected chi connectivity index (χ0v) is 30.4. The van der Waals surface area contributed by atoms with Crippen LogP contribution in [0.3, 0.4) is 0 Å². The van der Waals surface area contributed by atoms with E-state index in [0.717, 1.165) is 19.5 Å². The number of nitrogens with two attached hydrogens (primary N) is 2. The van der Waals surface area contributed by atoms with Crippen LogP contribution in [0.5, 0.6) is 0 Å². The highest BCUT2D eigenvalue weighted by Gasteiger charge is 2.21. The lowest BCUT2D eigenvalue weighted by molar-refractivity contribution is 0.0816. The highest BCUT2D eigenvalue weighted by molar-refractivity contribution is 7.55. The van der Waals surface area contributed by atoms with Crippen molar-refractivity contribution in [2.75, 3.05) is 63.4 Å². The average Bonchev–Trinajstić information content (AvgIpc) is 3.65. The Bertz CT molecular complexity index is 1790. The van der Waals surface area contributed by atoms with Crippen LogP contribution in [0, 0.1) is 0 Å². The molecule has 4 unspecified atom stereocenters. The number of anilines is 2. The van der Waals surface area contributed by atoms with Crippen molar-refractivity contribution < 1.29 is 28.4 Å². The maximum atomic E-state index is 12.5. The van der Waals surface area contributed by atoms with E-state index >= 15 is 0 Å². The smallest absolute Gasteiger partial charge is 0.292 e. The van der Waals surface area contributed by atoms with Gasteiger partial charge in [0.2, 0.25) is 11.9 Å². The SMILES string of the molecule is CC(Cn1cnc2c(=O)[nH]c(N)nc21)OCP(=O)(O)NCCCNCCCNCCCNP(=O)(O)COC(C)Cn1cnc2c(=O)[nH]c(N)nc21. The second-order valence-electron chi connectivity index (χ2n) is 12.0. The number of nitrogens with zero attached hydrogens (tertiary/aromatic N) is 6. The molecular weight excluding hydrogens is 710 g/mol. The van der Waals surface area contributed by atoms with Crippen molar-refractivity contribution in [3.63, 3.8) is 0 Å². The van der Waals surface area contributed by atoms with E-state index in [9.17, 15) is 28.5 Å². The molecule has 0 aliphatic carbocycles. The molecule has 0 bridgehead atoms. The molecule has 4 atom stereocenters. The molecule has 0 saturated heterocycles. The molecule has 24 heteroatoms. The summed E-state index contributed by atoms with van der Waals surface area (Å²) in [6, 6.07) is 0. The number of hydrogen-bond acceptors (Lipinski definition) is 14. The van der Waals surface area contributed by atoms with Crippen LogP contribution in [-0.4, -0.2) is 113 Å². The summed E-state index contributed by atoms with van der Waals surface area (Å²) in [6.07, 6.45) is 3.36. The molecule has 0 spiro atoms. The molecule has 284 valence electrons. The third kappa shape index (κ3) is 12.9. The number of H-pyrrole nitrogens is 2. The summed E-state index contributed by atoms with van der Waals surface area (Å²) in [5.41, 5.74) is 11.3. The summed E-state index contributed by atoms with van der Waals surface area (Å²) in [5.74, 6) is -0.0613. The number of imidazole rings is 2. The van der Waals surface area contributed by atoms with Crippen LogP contribution in [0.15, 0.2) is 22.2 Å². The van der Waals surface area contributed by atoms with Gasteiger partial charge >= 0.3 is 0 Å². The predicted octanol–water partition coefficient (Wildman–Crippen LogP) is -0.958. The van der Waals surface area contributed by atoms with Gasteiger partial charge in [-0.2, -0.15) is 9.97 Å². The van der Waals surface area contributed by atoms with Crippen LogP contribution >= 0.6 is 15.0 Å². The minimum absolute atomic E-state index is 0.0306. The maximum Gasteiger partial charge on any atom is 0.292 e. The molecule has 4 rings (SSSR count). The number of aromatic amines is 2. The molecule has 0 aliphatic rings. The van der Waals surface area contributed by atoms with Gasteiger partial charge in [0, 0.05) is 13.1 Å². The van der Waals surface area contributed by atoms with Crippen LogP contribution in [0.4, 0.5) is 11.9 Å². The Kier molecular flexibility index (Phi) is 14.8. The van der Waals surface area contributed by atoms with E-state index in [-0.39, 0.29) is 48.7 Å². The van der Waals surface area contributed by atoms with E-state index in [1.165, 1.54) is 12.7 Å². The average molecular weight is 759 g/mol. The standard InChI is InChI=1S/C27H48N14O8P2/c1-18(12-40-14-32-20-22(40)36-26(28)38-24(20)42)48-16-50(44,45)34-10-4-8-30-6-3-7-31-9-5-11-35-51(46,47)17-49-19(2)13-41-15-33-21-23(41)37-27(29)39-25(21)43/h14-15,18-19,30-31H,3-13,16-17H2,1-2H3,(H2,34,44,45)(H2,35,46,47)(H3,28,36,38,42)(H3,29,37,39,43). The Morgan fingerprint density at radius 1 is 0.725 bits per heavy atom. The van der Waals surface area contributed by atoms with Crippen molar-refractivity contribution >= 4 is 49.3 Å². The lowest BCUT2D eigenvalue weighted by Crippen LogP contribution is -2.27. The number of aromatic nitrogens is 8. The fraction of sp³-hybridized carbons (Fsp3) is 0.630. The van der Waals surface area contributed by atoms with Gasteiger partial charge in [0.25, 0.3) is 26.2 Å². The van der Waals surface area contributed by atoms with Gasteiger partial charge < -0.3 is 50.5 Å². The van der Waals surface area contributed by atoms with Crippen molar-refractivity contribution in [2.45, 2.75) is 58.4 Å².